The van der Waals surface area contributed by atoms with Crippen LogP contribution < -0.4 is 10.6 Å². The van der Waals surface area contributed by atoms with Gasteiger partial charge in [0, 0.05) is 18.3 Å². The molecule has 4 heteroatoms. The molecule has 0 aromatic heterocycles. The zero-order chi connectivity index (χ0) is 15.0. The number of anilines is 1. The summed E-state index contributed by atoms with van der Waals surface area (Å²) in [7, 11) is 0. The van der Waals surface area contributed by atoms with E-state index in [0.29, 0.717) is 25.7 Å². The van der Waals surface area contributed by atoms with Gasteiger partial charge in [-0.25, -0.2) is 0 Å². The summed E-state index contributed by atoms with van der Waals surface area (Å²) in [6.07, 6.45) is 0. The number of ether oxygens (including phenoxy) is 1. The third-order valence-electron chi connectivity index (χ3n) is 3.17. The second-order valence-electron chi connectivity index (χ2n) is 5.31. The molecule has 0 aliphatic carbocycles. The second kappa shape index (κ2) is 8.72. The quantitative estimate of drug-likeness (QED) is 0.768. The van der Waals surface area contributed by atoms with Crippen LogP contribution in [0, 0.1) is 12.8 Å². The Balaban J connectivity index is 2.39. The van der Waals surface area contributed by atoms with Crippen molar-refractivity contribution in [3.63, 3.8) is 0 Å². The number of aryl methyl sites for hydroxylation is 1. The number of benzene rings is 1. The Hall–Kier alpha value is -1.39. The molecular formula is C16H26N2O2. The van der Waals surface area contributed by atoms with Crippen molar-refractivity contribution >= 4 is 11.6 Å². The number of rotatable bonds is 8. The van der Waals surface area contributed by atoms with E-state index in [1.807, 2.05) is 38.1 Å². The second-order valence-corrected chi connectivity index (χ2v) is 5.31. The van der Waals surface area contributed by atoms with Crippen LogP contribution in [-0.2, 0) is 9.53 Å². The van der Waals surface area contributed by atoms with E-state index in [9.17, 15) is 4.79 Å². The number of hydrogen-bond acceptors (Lipinski definition) is 3. The zero-order valence-electron chi connectivity index (χ0n) is 12.9. The van der Waals surface area contributed by atoms with Gasteiger partial charge in [0.2, 0.25) is 5.91 Å². The minimum absolute atomic E-state index is 0.0315. The smallest absolute Gasteiger partial charge is 0.238 e. The highest BCUT2D eigenvalue weighted by Gasteiger charge is 2.14. The van der Waals surface area contributed by atoms with Gasteiger partial charge in [0.1, 0.15) is 0 Å². The molecule has 0 spiro atoms. The van der Waals surface area contributed by atoms with E-state index in [-0.39, 0.29) is 11.9 Å². The molecule has 4 nitrogen and oxygen atoms in total. The Bertz CT molecular complexity index is 401. The van der Waals surface area contributed by atoms with Crippen molar-refractivity contribution in [2.45, 2.75) is 33.7 Å². The van der Waals surface area contributed by atoms with Crippen molar-refractivity contribution in [2.24, 2.45) is 5.92 Å². The third-order valence-corrected chi connectivity index (χ3v) is 3.17. The summed E-state index contributed by atoms with van der Waals surface area (Å²) in [6.45, 7) is 9.86. The van der Waals surface area contributed by atoms with Crippen LogP contribution in [0.3, 0.4) is 0 Å². The van der Waals surface area contributed by atoms with Gasteiger partial charge in [0.05, 0.1) is 13.2 Å². The lowest BCUT2D eigenvalue weighted by Gasteiger charge is -2.21. The first-order valence-electron chi connectivity index (χ1n) is 7.20. The first kappa shape index (κ1) is 16.7. The molecular weight excluding hydrogens is 252 g/mol. The molecule has 1 unspecified atom stereocenters. The molecule has 0 fully saturated rings. The van der Waals surface area contributed by atoms with Crippen molar-refractivity contribution in [1.82, 2.24) is 5.32 Å². The monoisotopic (exact) mass is 278 g/mol. The Morgan fingerprint density at radius 3 is 2.45 bits per heavy atom. The van der Waals surface area contributed by atoms with Gasteiger partial charge < -0.3 is 15.4 Å². The van der Waals surface area contributed by atoms with Crippen LogP contribution in [0.1, 0.15) is 26.3 Å². The Kier molecular flexibility index (Phi) is 7.26. The van der Waals surface area contributed by atoms with E-state index < -0.39 is 0 Å². The van der Waals surface area contributed by atoms with Crippen LogP contribution in [0.15, 0.2) is 24.3 Å². The van der Waals surface area contributed by atoms with Gasteiger partial charge in [0.25, 0.3) is 0 Å². The molecule has 2 N–H and O–H groups in total. The summed E-state index contributed by atoms with van der Waals surface area (Å²) in [5, 5.41) is 6.13. The normalized spacial score (nSPS) is 12.4. The lowest BCUT2D eigenvalue weighted by Crippen LogP contribution is -2.42. The van der Waals surface area contributed by atoms with Gasteiger partial charge in [-0.15, -0.1) is 0 Å². The molecule has 0 radical (unpaired) electrons. The summed E-state index contributed by atoms with van der Waals surface area (Å²) in [6, 6.07) is 7.98. The lowest BCUT2D eigenvalue weighted by molar-refractivity contribution is -0.115. The summed E-state index contributed by atoms with van der Waals surface area (Å²) >= 11 is 0. The predicted octanol–water partition coefficient (Wildman–Crippen LogP) is 2.58. The predicted molar refractivity (Wildman–Crippen MR) is 82.9 cm³/mol. The molecule has 1 aromatic carbocycles. The molecule has 1 rings (SSSR count). The van der Waals surface area contributed by atoms with E-state index in [0.717, 1.165) is 5.69 Å². The fourth-order valence-electron chi connectivity index (χ4n) is 1.80. The average molecular weight is 278 g/mol. The first-order chi connectivity index (χ1) is 9.52. The molecule has 0 aliphatic heterocycles. The molecule has 112 valence electrons. The Labute approximate surface area is 121 Å². The summed E-state index contributed by atoms with van der Waals surface area (Å²) in [5.41, 5.74) is 2.01. The summed E-state index contributed by atoms with van der Waals surface area (Å²) < 4.78 is 5.43. The molecule has 1 atom stereocenters. The molecule has 0 saturated heterocycles. The van der Waals surface area contributed by atoms with Crippen molar-refractivity contribution in [3.05, 3.63) is 29.8 Å². The minimum Gasteiger partial charge on any atom is -0.380 e. The fraction of sp³-hybridized carbons (Fsp3) is 0.562. The average Bonchev–Trinajstić information content (AvgIpc) is 2.41. The highest BCUT2D eigenvalue weighted by atomic mass is 16.5. The Morgan fingerprint density at radius 2 is 1.90 bits per heavy atom. The molecule has 20 heavy (non-hydrogen) atoms. The highest BCUT2D eigenvalue weighted by molar-refractivity contribution is 5.92. The van der Waals surface area contributed by atoms with E-state index >= 15 is 0 Å². The van der Waals surface area contributed by atoms with Gasteiger partial charge in [-0.3, -0.25) is 4.79 Å². The molecule has 1 amide bonds. The minimum atomic E-state index is -0.0315. The molecule has 1 aromatic rings. The van der Waals surface area contributed by atoms with Crippen LogP contribution in [0.5, 0.6) is 0 Å². The van der Waals surface area contributed by atoms with Gasteiger partial charge in [-0.05, 0) is 31.9 Å². The molecule has 0 bridgehead atoms. The zero-order valence-corrected chi connectivity index (χ0v) is 12.9. The number of carbonyl (C=O) groups is 1. The maximum absolute atomic E-state index is 11.9. The van der Waals surface area contributed by atoms with Crippen LogP contribution in [0.2, 0.25) is 0 Å². The standard InChI is InChI=1S/C16H26N2O2/c1-5-20-11-15(12(2)3)17-10-16(19)18-14-8-6-13(4)7-9-14/h6-9,12,15,17H,5,10-11H2,1-4H3,(H,18,19). The largest absolute Gasteiger partial charge is 0.380 e. The lowest BCUT2D eigenvalue weighted by atomic mass is 10.1. The molecule has 0 aliphatic rings. The number of nitrogens with one attached hydrogen (secondary N) is 2. The van der Waals surface area contributed by atoms with Crippen molar-refractivity contribution in [1.29, 1.82) is 0 Å². The van der Waals surface area contributed by atoms with Gasteiger partial charge in [-0.2, -0.15) is 0 Å². The fourth-order valence-corrected chi connectivity index (χ4v) is 1.80. The topological polar surface area (TPSA) is 50.4 Å². The Morgan fingerprint density at radius 1 is 1.25 bits per heavy atom. The van der Waals surface area contributed by atoms with Gasteiger partial charge >= 0.3 is 0 Å². The molecule has 0 saturated carbocycles. The highest BCUT2D eigenvalue weighted by Crippen LogP contribution is 2.08. The van der Waals surface area contributed by atoms with Gasteiger partial charge in [0.15, 0.2) is 0 Å². The van der Waals surface area contributed by atoms with Gasteiger partial charge in [-0.1, -0.05) is 31.5 Å². The van der Waals surface area contributed by atoms with Crippen LogP contribution in [0.25, 0.3) is 0 Å². The number of carbonyl (C=O) groups excluding carboxylic acids is 1. The van der Waals surface area contributed by atoms with Crippen LogP contribution in [-0.4, -0.2) is 31.7 Å². The van der Waals surface area contributed by atoms with Crippen molar-refractivity contribution < 1.29 is 9.53 Å². The first-order valence-corrected chi connectivity index (χ1v) is 7.20. The van der Waals surface area contributed by atoms with Crippen molar-refractivity contribution in [3.8, 4) is 0 Å². The maximum Gasteiger partial charge on any atom is 0.238 e. The van der Waals surface area contributed by atoms with Crippen LogP contribution in [0.4, 0.5) is 5.69 Å². The van der Waals surface area contributed by atoms with E-state index in [2.05, 4.69) is 24.5 Å². The van der Waals surface area contributed by atoms with E-state index in [4.69, 9.17) is 4.74 Å². The SMILES string of the molecule is CCOCC(NCC(=O)Nc1ccc(C)cc1)C(C)C. The summed E-state index contributed by atoms with van der Waals surface area (Å²) in [4.78, 5) is 11.9. The summed E-state index contributed by atoms with van der Waals surface area (Å²) in [5.74, 6) is 0.393. The molecule has 0 heterocycles. The third kappa shape index (κ3) is 6.17. The van der Waals surface area contributed by atoms with Crippen LogP contribution >= 0.6 is 0 Å². The van der Waals surface area contributed by atoms with Crippen molar-refractivity contribution in [2.75, 3.05) is 25.1 Å². The maximum atomic E-state index is 11.9. The van der Waals surface area contributed by atoms with E-state index in [1.54, 1.807) is 0 Å². The van der Waals surface area contributed by atoms with E-state index in [1.165, 1.54) is 5.56 Å². The number of hydrogen-bond donors (Lipinski definition) is 2. The number of amides is 1.